The van der Waals surface area contributed by atoms with E-state index in [1.807, 2.05) is 13.8 Å². The Morgan fingerprint density at radius 1 is 1.06 bits per heavy atom. The second-order valence-corrected chi connectivity index (χ2v) is 10.0. The van der Waals surface area contributed by atoms with Crippen LogP contribution in [0, 0.1) is 5.82 Å². The van der Waals surface area contributed by atoms with Crippen LogP contribution < -0.4 is 10.6 Å². The number of halogens is 1. The quantitative estimate of drug-likeness (QED) is 0.262. The number of hydrogen-bond donors (Lipinski definition) is 2. The van der Waals surface area contributed by atoms with Gasteiger partial charge >= 0.3 is 0 Å². The van der Waals surface area contributed by atoms with E-state index in [1.165, 1.54) is 12.1 Å². The van der Waals surface area contributed by atoms with E-state index in [-0.39, 0.29) is 30.2 Å². The van der Waals surface area contributed by atoms with Crippen LogP contribution in [0.15, 0.2) is 24.3 Å². The van der Waals surface area contributed by atoms with Gasteiger partial charge in [-0.2, -0.15) is 0 Å². The average molecular weight is 513 g/mol. The minimum Gasteiger partial charge on any atom is -0.379 e. The van der Waals surface area contributed by atoms with Crippen LogP contribution in [-0.2, 0) is 23.7 Å². The molecule has 0 radical (unpaired) electrons. The fourth-order valence-corrected chi connectivity index (χ4v) is 4.60. The summed E-state index contributed by atoms with van der Waals surface area (Å²) < 4.78 is 44.1. The van der Waals surface area contributed by atoms with Gasteiger partial charge in [-0.05, 0) is 63.2 Å². The van der Waals surface area contributed by atoms with Crippen molar-refractivity contribution in [3.8, 4) is 0 Å². The Morgan fingerprint density at radius 2 is 1.74 bits per heavy atom. The predicted molar refractivity (Wildman–Crippen MR) is 138 cm³/mol. The van der Waals surface area contributed by atoms with Crippen molar-refractivity contribution >= 4 is 23.0 Å². The molecule has 0 saturated carbocycles. The molecule has 0 amide bonds. The number of fused-ring (bicyclic) bond motifs is 1. The van der Waals surface area contributed by atoms with Crippen LogP contribution in [0.1, 0.15) is 66.2 Å². The molecule has 198 valence electrons. The smallest absolute Gasteiger partial charge is 0.189 e. The molecule has 2 saturated heterocycles. The second-order valence-electron chi connectivity index (χ2n) is 9.60. The summed E-state index contributed by atoms with van der Waals surface area (Å²) in [5.74, 6) is -1.07. The van der Waals surface area contributed by atoms with E-state index in [2.05, 4.69) is 24.5 Å². The Bertz CT molecular complexity index is 782. The summed E-state index contributed by atoms with van der Waals surface area (Å²) in [4.78, 5) is 0. The molecule has 2 heterocycles. The number of thiocarbonyl (C=S) groups is 1. The molecule has 5 atom stereocenters. The first-order valence-corrected chi connectivity index (χ1v) is 13.3. The molecule has 1 aromatic rings. The van der Waals surface area contributed by atoms with Gasteiger partial charge in [0.2, 0.25) is 0 Å². The zero-order valence-electron chi connectivity index (χ0n) is 21.4. The molecule has 3 rings (SSSR count). The number of hydrogen-bond acceptors (Lipinski definition) is 6. The lowest BCUT2D eigenvalue weighted by atomic mass is 10.0. The Balaban J connectivity index is 1.69. The van der Waals surface area contributed by atoms with Crippen molar-refractivity contribution < 1.29 is 28.1 Å². The molecule has 0 bridgehead atoms. The maximum atomic E-state index is 13.3. The van der Waals surface area contributed by atoms with Gasteiger partial charge in [0.1, 0.15) is 24.1 Å². The van der Waals surface area contributed by atoms with Crippen molar-refractivity contribution in [2.45, 2.75) is 103 Å². The van der Waals surface area contributed by atoms with Gasteiger partial charge in [-0.3, -0.25) is 0 Å². The van der Waals surface area contributed by atoms with Gasteiger partial charge in [0, 0.05) is 18.9 Å². The normalized spacial score (nSPS) is 25.9. The summed E-state index contributed by atoms with van der Waals surface area (Å²) in [6.07, 6.45) is 4.90. The van der Waals surface area contributed by atoms with Crippen LogP contribution in [0.4, 0.5) is 10.1 Å². The Labute approximate surface area is 214 Å². The number of ether oxygens (including phenoxy) is 5. The molecule has 2 aliphatic rings. The summed E-state index contributed by atoms with van der Waals surface area (Å²) in [5.41, 5.74) is 0.687. The number of unbranched alkanes of at least 4 members (excludes halogenated alkanes) is 4. The summed E-state index contributed by atoms with van der Waals surface area (Å²) in [5, 5.41) is 6.85. The topological polar surface area (TPSA) is 70.2 Å². The highest BCUT2D eigenvalue weighted by molar-refractivity contribution is 7.80. The molecule has 2 fully saturated rings. The van der Waals surface area contributed by atoms with E-state index in [0.29, 0.717) is 30.6 Å². The fourth-order valence-electron chi connectivity index (χ4n) is 4.35. The molecule has 7 nitrogen and oxygen atoms in total. The van der Waals surface area contributed by atoms with Crippen LogP contribution in [0.25, 0.3) is 0 Å². The molecule has 9 heteroatoms. The third-order valence-corrected chi connectivity index (χ3v) is 6.33. The van der Waals surface area contributed by atoms with Crippen molar-refractivity contribution in [2.75, 3.05) is 25.1 Å². The van der Waals surface area contributed by atoms with Crippen LogP contribution in [0.2, 0.25) is 0 Å². The zero-order valence-corrected chi connectivity index (χ0v) is 22.2. The van der Waals surface area contributed by atoms with E-state index in [9.17, 15) is 4.39 Å². The van der Waals surface area contributed by atoms with Crippen molar-refractivity contribution in [1.29, 1.82) is 0 Å². The Morgan fingerprint density at radius 3 is 2.43 bits per heavy atom. The summed E-state index contributed by atoms with van der Waals surface area (Å²) >= 11 is 5.58. The van der Waals surface area contributed by atoms with Crippen molar-refractivity contribution in [3.05, 3.63) is 30.1 Å². The van der Waals surface area contributed by atoms with E-state index >= 15 is 0 Å². The van der Waals surface area contributed by atoms with E-state index < -0.39 is 12.1 Å². The van der Waals surface area contributed by atoms with Crippen molar-refractivity contribution in [2.24, 2.45) is 0 Å². The van der Waals surface area contributed by atoms with Crippen LogP contribution in [0.3, 0.4) is 0 Å². The average Bonchev–Trinajstić information content (AvgIpc) is 3.28. The minimum absolute atomic E-state index is 0.303. The maximum absolute atomic E-state index is 13.3. The minimum atomic E-state index is -0.764. The predicted octanol–water partition coefficient (Wildman–Crippen LogP) is 5.14. The van der Waals surface area contributed by atoms with E-state index in [1.54, 1.807) is 12.1 Å². The number of anilines is 1. The highest BCUT2D eigenvalue weighted by Crippen LogP contribution is 2.39. The lowest BCUT2D eigenvalue weighted by Gasteiger charge is -2.32. The number of rotatable bonds is 14. The fraction of sp³-hybridized carbons (Fsp3) is 0.731. The third kappa shape index (κ3) is 8.61. The van der Waals surface area contributed by atoms with Gasteiger partial charge in [0.25, 0.3) is 0 Å². The van der Waals surface area contributed by atoms with Crippen LogP contribution in [-0.4, -0.2) is 61.4 Å². The summed E-state index contributed by atoms with van der Waals surface area (Å²) in [6, 6.07) is 5.72. The second kappa shape index (κ2) is 13.8. The molecule has 0 spiro atoms. The standard InChI is InChI=1S/C26H41FN2O5S/c1-5-7-9-15-30-17-20(31-16-10-8-6-2)22-21(23-24(32-22)34-26(3,4)33-23)29-25(35)28-19-13-11-18(27)12-14-19/h11-14,20-24H,5-10,15-17H2,1-4H3,(H2,28,29,35)/t20-,21+,22-,23-,24-/m1/s1. The molecule has 0 unspecified atom stereocenters. The maximum Gasteiger partial charge on any atom is 0.189 e. The molecule has 35 heavy (non-hydrogen) atoms. The number of benzene rings is 1. The summed E-state index contributed by atoms with van der Waals surface area (Å²) in [6.45, 7) is 9.80. The van der Waals surface area contributed by atoms with Gasteiger partial charge in [-0.1, -0.05) is 39.5 Å². The highest BCUT2D eigenvalue weighted by Gasteiger charge is 2.57. The van der Waals surface area contributed by atoms with Crippen LogP contribution in [0.5, 0.6) is 0 Å². The molecule has 0 aliphatic carbocycles. The number of nitrogens with one attached hydrogen (secondary N) is 2. The van der Waals surface area contributed by atoms with Gasteiger partial charge in [-0.15, -0.1) is 0 Å². The first kappa shape index (κ1) is 28.2. The van der Waals surface area contributed by atoms with Crippen molar-refractivity contribution in [1.82, 2.24) is 5.32 Å². The van der Waals surface area contributed by atoms with Gasteiger partial charge in [0.05, 0.1) is 12.6 Å². The van der Waals surface area contributed by atoms with E-state index in [0.717, 1.165) is 38.5 Å². The highest BCUT2D eigenvalue weighted by atomic mass is 32.1. The van der Waals surface area contributed by atoms with Gasteiger partial charge < -0.3 is 34.3 Å². The lowest BCUT2D eigenvalue weighted by Crippen LogP contribution is -2.54. The molecule has 2 N–H and O–H groups in total. The first-order chi connectivity index (χ1) is 16.8. The zero-order chi connectivity index (χ0) is 25.3. The van der Waals surface area contributed by atoms with Crippen LogP contribution >= 0.6 is 12.2 Å². The van der Waals surface area contributed by atoms with Gasteiger partial charge in [0.15, 0.2) is 17.2 Å². The Kier molecular flexibility index (Phi) is 11.1. The Hall–Kier alpha value is -1.36. The first-order valence-electron chi connectivity index (χ1n) is 12.9. The van der Waals surface area contributed by atoms with Crippen molar-refractivity contribution in [3.63, 3.8) is 0 Å². The molecular formula is C26H41FN2O5S. The SMILES string of the molecule is CCCCCOC[C@@H](OCCCCC)[C@H]1O[C@@H]2OC(C)(C)O[C@@H]2[C@H]1NC(=S)Nc1ccc(F)cc1. The molecule has 2 aliphatic heterocycles. The van der Waals surface area contributed by atoms with E-state index in [4.69, 9.17) is 35.9 Å². The molecule has 1 aromatic carbocycles. The largest absolute Gasteiger partial charge is 0.379 e. The monoisotopic (exact) mass is 512 g/mol. The lowest BCUT2D eigenvalue weighted by molar-refractivity contribution is -0.222. The summed E-state index contributed by atoms with van der Waals surface area (Å²) in [7, 11) is 0. The molecular weight excluding hydrogens is 471 g/mol. The molecule has 0 aromatic heterocycles. The van der Waals surface area contributed by atoms with Gasteiger partial charge in [-0.25, -0.2) is 4.39 Å². The third-order valence-electron chi connectivity index (χ3n) is 6.11.